The van der Waals surface area contributed by atoms with E-state index in [9.17, 15) is 10.1 Å². The van der Waals surface area contributed by atoms with Gasteiger partial charge in [-0.1, -0.05) is 41.9 Å². The van der Waals surface area contributed by atoms with Crippen LogP contribution in [0, 0.1) is 11.3 Å². The number of rotatable bonds is 4. The van der Waals surface area contributed by atoms with Crippen molar-refractivity contribution in [2.75, 3.05) is 12.4 Å². The van der Waals surface area contributed by atoms with Crippen molar-refractivity contribution in [1.82, 2.24) is 0 Å². The second kappa shape index (κ2) is 6.50. The fourth-order valence-corrected chi connectivity index (χ4v) is 2.28. The van der Waals surface area contributed by atoms with Gasteiger partial charge in [0.1, 0.15) is 5.75 Å². The van der Waals surface area contributed by atoms with Crippen LogP contribution in [0.5, 0.6) is 5.75 Å². The summed E-state index contributed by atoms with van der Waals surface area (Å²) in [4.78, 5) is 12.5. The van der Waals surface area contributed by atoms with Gasteiger partial charge in [0.15, 0.2) is 5.41 Å². The average Bonchev–Trinajstić information content (AvgIpc) is 2.55. The first-order valence-electron chi connectivity index (χ1n) is 6.63. The zero-order valence-electron chi connectivity index (χ0n) is 12.3. The summed E-state index contributed by atoms with van der Waals surface area (Å²) < 4.78 is 5.07. The summed E-state index contributed by atoms with van der Waals surface area (Å²) in [5.74, 6) is 0.105. The topological polar surface area (TPSA) is 62.1 Å². The standard InChI is InChI=1S/C17H15ClN2O2/c1-17(11-19,12-6-4-3-5-7-12)16(21)20-13-8-9-15(22-2)14(18)10-13/h3-10H,1-2H3,(H,20,21)/t17-/m1/s1. The van der Waals surface area contributed by atoms with Crippen LogP contribution in [0.3, 0.4) is 0 Å². The summed E-state index contributed by atoms with van der Waals surface area (Å²) in [5.41, 5.74) is -0.143. The van der Waals surface area contributed by atoms with E-state index in [0.29, 0.717) is 22.0 Å². The number of nitriles is 1. The maximum absolute atomic E-state index is 12.5. The third-order valence-electron chi connectivity index (χ3n) is 3.44. The van der Waals surface area contributed by atoms with E-state index < -0.39 is 11.3 Å². The lowest BCUT2D eigenvalue weighted by Crippen LogP contribution is -2.36. The van der Waals surface area contributed by atoms with Crippen molar-refractivity contribution in [1.29, 1.82) is 5.26 Å². The molecule has 0 aliphatic carbocycles. The summed E-state index contributed by atoms with van der Waals surface area (Å²) in [6, 6.07) is 15.9. The van der Waals surface area contributed by atoms with Crippen molar-refractivity contribution in [3.63, 3.8) is 0 Å². The third kappa shape index (κ3) is 3.05. The van der Waals surface area contributed by atoms with Gasteiger partial charge in [-0.05, 0) is 30.7 Å². The Balaban J connectivity index is 2.27. The third-order valence-corrected chi connectivity index (χ3v) is 3.73. The summed E-state index contributed by atoms with van der Waals surface area (Å²) in [6.45, 7) is 1.59. The highest BCUT2D eigenvalue weighted by Crippen LogP contribution is 2.29. The Bertz CT molecular complexity index is 725. The monoisotopic (exact) mass is 314 g/mol. The number of carbonyl (C=O) groups excluding carboxylic acids is 1. The molecule has 0 heterocycles. The fourth-order valence-electron chi connectivity index (χ4n) is 2.02. The number of ether oxygens (including phenoxy) is 1. The van der Waals surface area contributed by atoms with E-state index >= 15 is 0 Å². The van der Waals surface area contributed by atoms with Crippen LogP contribution in [-0.2, 0) is 10.2 Å². The Morgan fingerprint density at radius 1 is 1.27 bits per heavy atom. The molecule has 2 aromatic carbocycles. The lowest BCUT2D eigenvalue weighted by molar-refractivity contribution is -0.119. The molecule has 2 rings (SSSR count). The summed E-state index contributed by atoms with van der Waals surface area (Å²) >= 11 is 6.04. The number of halogens is 1. The van der Waals surface area contributed by atoms with Crippen LogP contribution in [0.15, 0.2) is 48.5 Å². The first-order valence-corrected chi connectivity index (χ1v) is 7.01. The normalized spacial score (nSPS) is 12.8. The number of nitrogens with zero attached hydrogens (tertiary/aromatic N) is 1. The van der Waals surface area contributed by atoms with Crippen molar-refractivity contribution in [2.45, 2.75) is 12.3 Å². The van der Waals surface area contributed by atoms with Crippen LogP contribution < -0.4 is 10.1 Å². The first-order chi connectivity index (χ1) is 10.5. The number of anilines is 1. The van der Waals surface area contributed by atoms with E-state index in [-0.39, 0.29) is 0 Å². The Morgan fingerprint density at radius 2 is 1.95 bits per heavy atom. The van der Waals surface area contributed by atoms with Gasteiger partial charge in [-0.2, -0.15) is 5.26 Å². The lowest BCUT2D eigenvalue weighted by Gasteiger charge is -2.21. The summed E-state index contributed by atoms with van der Waals surface area (Å²) in [7, 11) is 1.52. The van der Waals surface area contributed by atoms with Crippen molar-refractivity contribution in [2.24, 2.45) is 0 Å². The molecular formula is C17H15ClN2O2. The molecule has 5 heteroatoms. The van der Waals surface area contributed by atoms with Gasteiger partial charge in [-0.3, -0.25) is 4.79 Å². The van der Waals surface area contributed by atoms with Gasteiger partial charge in [0, 0.05) is 5.69 Å². The van der Waals surface area contributed by atoms with Crippen LogP contribution in [0.2, 0.25) is 5.02 Å². The van der Waals surface area contributed by atoms with Crippen LogP contribution in [-0.4, -0.2) is 13.0 Å². The van der Waals surface area contributed by atoms with Crippen LogP contribution >= 0.6 is 11.6 Å². The van der Waals surface area contributed by atoms with Gasteiger partial charge in [0.25, 0.3) is 0 Å². The molecule has 1 N–H and O–H groups in total. The molecule has 2 aromatic rings. The summed E-state index contributed by atoms with van der Waals surface area (Å²) in [5, 5.41) is 12.6. The number of benzene rings is 2. The average molecular weight is 315 g/mol. The molecule has 1 atom stereocenters. The maximum Gasteiger partial charge on any atom is 0.249 e. The highest BCUT2D eigenvalue weighted by molar-refractivity contribution is 6.32. The zero-order valence-corrected chi connectivity index (χ0v) is 13.0. The molecular weight excluding hydrogens is 300 g/mol. The number of hydrogen-bond acceptors (Lipinski definition) is 3. The van der Waals surface area contributed by atoms with Crippen molar-refractivity contribution >= 4 is 23.2 Å². The van der Waals surface area contributed by atoms with Crippen LogP contribution in [0.4, 0.5) is 5.69 Å². The number of carbonyl (C=O) groups is 1. The van der Waals surface area contributed by atoms with Gasteiger partial charge in [0.2, 0.25) is 5.91 Å². The molecule has 0 bridgehead atoms. The number of methoxy groups -OCH3 is 1. The molecule has 0 fully saturated rings. The maximum atomic E-state index is 12.5. The van der Waals surface area contributed by atoms with E-state index in [1.807, 2.05) is 6.07 Å². The van der Waals surface area contributed by atoms with Gasteiger partial charge >= 0.3 is 0 Å². The quantitative estimate of drug-likeness (QED) is 0.934. The largest absolute Gasteiger partial charge is 0.495 e. The van der Waals surface area contributed by atoms with Gasteiger partial charge in [-0.25, -0.2) is 0 Å². The molecule has 0 aromatic heterocycles. The van der Waals surface area contributed by atoms with E-state index in [1.165, 1.54) is 7.11 Å². The highest BCUT2D eigenvalue weighted by atomic mass is 35.5. The van der Waals surface area contributed by atoms with Gasteiger partial charge < -0.3 is 10.1 Å². The van der Waals surface area contributed by atoms with E-state index in [4.69, 9.17) is 16.3 Å². The predicted molar refractivity (Wildman–Crippen MR) is 86.0 cm³/mol. The Morgan fingerprint density at radius 3 is 2.50 bits per heavy atom. The molecule has 0 aliphatic rings. The molecule has 0 unspecified atom stereocenters. The SMILES string of the molecule is COc1ccc(NC(=O)[C@](C)(C#N)c2ccccc2)cc1Cl. The molecule has 0 aliphatic heterocycles. The molecule has 0 saturated heterocycles. The molecule has 22 heavy (non-hydrogen) atoms. The Hall–Kier alpha value is -2.51. The molecule has 112 valence electrons. The minimum Gasteiger partial charge on any atom is -0.495 e. The second-order valence-electron chi connectivity index (χ2n) is 4.91. The Labute approximate surface area is 134 Å². The van der Waals surface area contributed by atoms with Crippen molar-refractivity contribution < 1.29 is 9.53 Å². The minimum atomic E-state index is -1.28. The van der Waals surface area contributed by atoms with Gasteiger partial charge in [0.05, 0.1) is 18.2 Å². The Kier molecular flexibility index (Phi) is 4.69. The van der Waals surface area contributed by atoms with Crippen LogP contribution in [0.1, 0.15) is 12.5 Å². The molecule has 0 radical (unpaired) electrons. The van der Waals surface area contributed by atoms with Crippen molar-refractivity contribution in [3.8, 4) is 11.8 Å². The minimum absolute atomic E-state index is 0.388. The molecule has 4 nitrogen and oxygen atoms in total. The van der Waals surface area contributed by atoms with E-state index in [1.54, 1.807) is 49.4 Å². The number of nitrogens with one attached hydrogen (secondary N) is 1. The van der Waals surface area contributed by atoms with E-state index in [0.717, 1.165) is 0 Å². The predicted octanol–water partition coefficient (Wildman–Crippen LogP) is 3.77. The highest BCUT2D eigenvalue weighted by Gasteiger charge is 2.35. The fraction of sp³-hybridized carbons (Fsp3) is 0.176. The smallest absolute Gasteiger partial charge is 0.249 e. The van der Waals surface area contributed by atoms with Crippen molar-refractivity contribution in [3.05, 3.63) is 59.1 Å². The molecule has 1 amide bonds. The lowest BCUT2D eigenvalue weighted by atomic mass is 9.83. The first kappa shape index (κ1) is 15.9. The molecule has 0 saturated carbocycles. The van der Waals surface area contributed by atoms with Gasteiger partial charge in [-0.15, -0.1) is 0 Å². The second-order valence-corrected chi connectivity index (χ2v) is 5.31. The number of amides is 1. The van der Waals surface area contributed by atoms with Crippen LogP contribution in [0.25, 0.3) is 0 Å². The zero-order chi connectivity index (χ0) is 16.2. The number of hydrogen-bond donors (Lipinski definition) is 1. The van der Waals surface area contributed by atoms with E-state index in [2.05, 4.69) is 11.4 Å². The summed E-state index contributed by atoms with van der Waals surface area (Å²) in [6.07, 6.45) is 0. The molecule has 0 spiro atoms.